The fourth-order valence-corrected chi connectivity index (χ4v) is 2.33. The fourth-order valence-electron chi connectivity index (χ4n) is 1.97. The second kappa shape index (κ2) is 5.23. The molecule has 1 unspecified atom stereocenters. The Morgan fingerprint density at radius 2 is 1.88 bits per heavy atom. The lowest BCUT2D eigenvalue weighted by Crippen LogP contribution is -2.26. The molecular formula is C14H15IO2. The predicted molar refractivity (Wildman–Crippen MR) is 76.7 cm³/mol. The van der Waals surface area contributed by atoms with Crippen LogP contribution >= 0.6 is 22.6 Å². The molecule has 0 spiro atoms. The van der Waals surface area contributed by atoms with E-state index in [0.717, 1.165) is 17.7 Å². The zero-order valence-electron chi connectivity index (χ0n) is 9.94. The van der Waals surface area contributed by atoms with Gasteiger partial charge in [-0.3, -0.25) is 0 Å². The van der Waals surface area contributed by atoms with Gasteiger partial charge in [0.25, 0.3) is 0 Å². The molecule has 1 aromatic carbocycles. The van der Waals surface area contributed by atoms with Gasteiger partial charge in [-0.2, -0.15) is 0 Å². The zero-order valence-corrected chi connectivity index (χ0v) is 12.1. The van der Waals surface area contributed by atoms with Crippen molar-refractivity contribution in [3.8, 4) is 0 Å². The van der Waals surface area contributed by atoms with Crippen LogP contribution in [0.5, 0.6) is 0 Å². The van der Waals surface area contributed by atoms with Crippen LogP contribution in [0.2, 0.25) is 0 Å². The maximum absolute atomic E-state index is 5.69. The average molecular weight is 342 g/mol. The highest BCUT2D eigenvalue weighted by Crippen LogP contribution is 2.34. The van der Waals surface area contributed by atoms with E-state index < -0.39 is 5.60 Å². The van der Waals surface area contributed by atoms with Crippen LogP contribution in [0.3, 0.4) is 0 Å². The van der Waals surface area contributed by atoms with E-state index in [2.05, 4.69) is 59.0 Å². The highest BCUT2D eigenvalue weighted by atomic mass is 127. The van der Waals surface area contributed by atoms with Crippen molar-refractivity contribution in [2.24, 2.45) is 0 Å². The van der Waals surface area contributed by atoms with E-state index in [1.807, 2.05) is 6.08 Å². The van der Waals surface area contributed by atoms with Gasteiger partial charge in [-0.1, -0.05) is 18.2 Å². The first-order chi connectivity index (χ1) is 8.20. The van der Waals surface area contributed by atoms with Crippen molar-refractivity contribution in [3.05, 3.63) is 57.4 Å². The van der Waals surface area contributed by atoms with E-state index in [1.165, 1.54) is 3.57 Å². The van der Waals surface area contributed by atoms with Gasteiger partial charge in [-0.05, 0) is 52.4 Å². The van der Waals surface area contributed by atoms with Crippen LogP contribution < -0.4 is 0 Å². The van der Waals surface area contributed by atoms with Crippen LogP contribution in [-0.2, 0) is 15.1 Å². The first-order valence-corrected chi connectivity index (χ1v) is 6.53. The summed E-state index contributed by atoms with van der Waals surface area (Å²) in [6, 6.07) is 8.34. The third-order valence-corrected chi connectivity index (χ3v) is 3.67. The van der Waals surface area contributed by atoms with Crippen molar-refractivity contribution in [1.29, 1.82) is 0 Å². The minimum absolute atomic E-state index is 0.492. The molecule has 0 aliphatic heterocycles. The summed E-state index contributed by atoms with van der Waals surface area (Å²) in [7, 11) is 3.41. The quantitative estimate of drug-likeness (QED) is 0.617. The van der Waals surface area contributed by atoms with Gasteiger partial charge in [-0.25, -0.2) is 0 Å². The summed E-state index contributed by atoms with van der Waals surface area (Å²) in [6.45, 7) is 0. The molecule has 1 aliphatic carbocycles. The van der Waals surface area contributed by atoms with Crippen LogP contribution in [0.1, 0.15) is 12.0 Å². The topological polar surface area (TPSA) is 18.5 Å². The van der Waals surface area contributed by atoms with Crippen LogP contribution in [0.15, 0.2) is 48.3 Å². The predicted octanol–water partition coefficient (Wildman–Crippen LogP) is 3.62. The molecule has 2 nitrogen and oxygen atoms in total. The molecule has 0 saturated carbocycles. The number of methoxy groups -OCH3 is 2. The summed E-state index contributed by atoms with van der Waals surface area (Å²) in [5.41, 5.74) is 0.624. The van der Waals surface area contributed by atoms with E-state index in [4.69, 9.17) is 9.47 Å². The largest absolute Gasteiger partial charge is 0.501 e. The summed E-state index contributed by atoms with van der Waals surface area (Å²) in [5, 5.41) is 0. The lowest BCUT2D eigenvalue weighted by molar-refractivity contribution is 0.0655. The summed E-state index contributed by atoms with van der Waals surface area (Å²) in [6.07, 6.45) is 7.03. The number of allylic oxidation sites excluding steroid dienone is 1. The molecule has 2 rings (SSSR count). The number of halogens is 1. The third kappa shape index (κ3) is 2.55. The minimum atomic E-state index is -0.492. The normalized spacial score (nSPS) is 23.4. The van der Waals surface area contributed by atoms with Gasteiger partial charge in [-0.15, -0.1) is 0 Å². The Bertz CT molecular complexity index is 448. The monoisotopic (exact) mass is 342 g/mol. The van der Waals surface area contributed by atoms with E-state index in [0.29, 0.717) is 0 Å². The van der Waals surface area contributed by atoms with Gasteiger partial charge in [0, 0.05) is 17.1 Å². The van der Waals surface area contributed by atoms with Gasteiger partial charge < -0.3 is 9.47 Å². The molecule has 1 aliphatic rings. The SMILES string of the molecule is COC1=CC(OC)(c2ccc(I)cc2)C=CC1. The Hall–Kier alpha value is -0.810. The summed E-state index contributed by atoms with van der Waals surface area (Å²) < 4.78 is 12.2. The van der Waals surface area contributed by atoms with Crippen molar-refractivity contribution >= 4 is 22.6 Å². The average Bonchev–Trinajstić information content (AvgIpc) is 2.39. The lowest BCUT2D eigenvalue weighted by atomic mass is 9.89. The van der Waals surface area contributed by atoms with Crippen LogP contribution in [0.4, 0.5) is 0 Å². The second-order valence-corrected chi connectivity index (χ2v) is 5.17. The number of hydrogen-bond donors (Lipinski definition) is 0. The molecule has 0 saturated heterocycles. The first kappa shape index (κ1) is 12.6. The van der Waals surface area contributed by atoms with Gasteiger partial charge in [0.05, 0.1) is 12.9 Å². The number of hydrogen-bond acceptors (Lipinski definition) is 2. The van der Waals surface area contributed by atoms with Crippen molar-refractivity contribution < 1.29 is 9.47 Å². The molecule has 0 fully saturated rings. The fraction of sp³-hybridized carbons (Fsp3) is 0.286. The molecule has 0 heterocycles. The molecule has 1 aromatic rings. The summed E-state index contributed by atoms with van der Waals surface area (Å²) >= 11 is 2.30. The van der Waals surface area contributed by atoms with Gasteiger partial charge >= 0.3 is 0 Å². The second-order valence-electron chi connectivity index (χ2n) is 3.93. The smallest absolute Gasteiger partial charge is 0.133 e. The lowest BCUT2D eigenvalue weighted by Gasteiger charge is -2.29. The van der Waals surface area contributed by atoms with Crippen molar-refractivity contribution in [2.75, 3.05) is 14.2 Å². The Labute approximate surface area is 115 Å². The number of rotatable bonds is 3. The maximum Gasteiger partial charge on any atom is 0.133 e. The van der Waals surface area contributed by atoms with Crippen LogP contribution in [0, 0.1) is 3.57 Å². The van der Waals surface area contributed by atoms with Gasteiger partial charge in [0.2, 0.25) is 0 Å². The molecule has 17 heavy (non-hydrogen) atoms. The molecule has 0 amide bonds. The third-order valence-electron chi connectivity index (χ3n) is 2.96. The van der Waals surface area contributed by atoms with Crippen LogP contribution in [-0.4, -0.2) is 14.2 Å². The first-order valence-electron chi connectivity index (χ1n) is 5.45. The molecule has 0 radical (unpaired) electrons. The standard InChI is InChI=1S/C14H15IO2/c1-16-13-4-3-9-14(10-13,17-2)11-5-7-12(15)8-6-11/h3,5-10H,4H2,1-2H3. The molecule has 0 N–H and O–H groups in total. The summed E-state index contributed by atoms with van der Waals surface area (Å²) in [5.74, 6) is 0.938. The number of ether oxygens (including phenoxy) is 2. The maximum atomic E-state index is 5.69. The van der Waals surface area contributed by atoms with Crippen molar-refractivity contribution in [3.63, 3.8) is 0 Å². The van der Waals surface area contributed by atoms with Crippen LogP contribution in [0.25, 0.3) is 0 Å². The number of benzene rings is 1. The van der Waals surface area contributed by atoms with E-state index in [9.17, 15) is 0 Å². The molecule has 90 valence electrons. The molecular weight excluding hydrogens is 327 g/mol. The zero-order chi connectivity index (χ0) is 12.3. The molecule has 0 bridgehead atoms. The summed E-state index contributed by atoms with van der Waals surface area (Å²) in [4.78, 5) is 0. The highest BCUT2D eigenvalue weighted by molar-refractivity contribution is 14.1. The molecule has 1 atom stereocenters. The van der Waals surface area contributed by atoms with Crippen molar-refractivity contribution in [2.45, 2.75) is 12.0 Å². The Balaban J connectivity index is 2.43. The van der Waals surface area contributed by atoms with E-state index in [1.54, 1.807) is 14.2 Å². The van der Waals surface area contributed by atoms with Gasteiger partial charge in [0.1, 0.15) is 5.60 Å². The van der Waals surface area contributed by atoms with Gasteiger partial charge in [0.15, 0.2) is 0 Å². The molecule has 3 heteroatoms. The van der Waals surface area contributed by atoms with E-state index in [-0.39, 0.29) is 0 Å². The highest BCUT2D eigenvalue weighted by Gasteiger charge is 2.29. The minimum Gasteiger partial charge on any atom is -0.501 e. The van der Waals surface area contributed by atoms with Crippen molar-refractivity contribution in [1.82, 2.24) is 0 Å². The molecule has 0 aromatic heterocycles. The Kier molecular flexibility index (Phi) is 3.89. The Morgan fingerprint density at radius 1 is 1.18 bits per heavy atom. The Morgan fingerprint density at radius 3 is 2.47 bits per heavy atom. The van der Waals surface area contributed by atoms with E-state index >= 15 is 0 Å².